The van der Waals surface area contributed by atoms with Gasteiger partial charge in [-0.3, -0.25) is 4.79 Å². The molecule has 76 valence electrons. The highest BCUT2D eigenvalue weighted by Gasteiger charge is 2.28. The van der Waals surface area contributed by atoms with Crippen molar-refractivity contribution in [3.8, 4) is 0 Å². The van der Waals surface area contributed by atoms with Crippen molar-refractivity contribution in [1.29, 1.82) is 0 Å². The molecule has 0 spiro atoms. The van der Waals surface area contributed by atoms with Crippen LogP contribution in [0.1, 0.15) is 19.8 Å². The first-order valence-electron chi connectivity index (χ1n) is 4.15. The Morgan fingerprint density at radius 1 is 1.43 bits per heavy atom. The second-order valence-electron chi connectivity index (χ2n) is 2.89. The van der Waals surface area contributed by atoms with Crippen molar-refractivity contribution in [3.63, 3.8) is 0 Å². The number of ether oxygens (including phenoxy) is 1. The summed E-state index contributed by atoms with van der Waals surface area (Å²) in [6.45, 7) is 1.29. The second kappa shape index (κ2) is 4.04. The highest BCUT2D eigenvalue weighted by Crippen LogP contribution is 2.22. The van der Waals surface area contributed by atoms with E-state index >= 15 is 0 Å². The molecule has 0 aromatic rings. The van der Waals surface area contributed by atoms with Crippen molar-refractivity contribution >= 4 is 17.6 Å². The van der Waals surface area contributed by atoms with Crippen LogP contribution in [0.25, 0.3) is 0 Å². The predicted octanol–water partition coefficient (Wildman–Crippen LogP) is 0.753. The maximum absolute atomic E-state index is 11.2. The van der Waals surface area contributed by atoms with Crippen LogP contribution in [0.5, 0.6) is 0 Å². The Morgan fingerprint density at radius 2 is 2.07 bits per heavy atom. The molecule has 5 heteroatoms. The summed E-state index contributed by atoms with van der Waals surface area (Å²) in [6, 6.07) is 0. The van der Waals surface area contributed by atoms with Crippen LogP contribution in [0, 0.1) is 0 Å². The van der Waals surface area contributed by atoms with Gasteiger partial charge in [-0.15, -0.1) is 0 Å². The number of hydrogen-bond donors (Lipinski definition) is 1. The first-order valence-corrected chi connectivity index (χ1v) is 4.15. The van der Waals surface area contributed by atoms with Gasteiger partial charge in [-0.1, -0.05) is 0 Å². The normalized spacial score (nSPS) is 18.9. The van der Waals surface area contributed by atoms with Crippen molar-refractivity contribution < 1.29 is 19.4 Å². The van der Waals surface area contributed by atoms with Crippen LogP contribution in [0.4, 0.5) is 0 Å². The molecule has 0 bridgehead atoms. The Morgan fingerprint density at radius 3 is 2.57 bits per heavy atom. The van der Waals surface area contributed by atoms with Gasteiger partial charge in [-0.25, -0.2) is 9.79 Å². The summed E-state index contributed by atoms with van der Waals surface area (Å²) in [5, 5.41) is 9.36. The van der Waals surface area contributed by atoms with E-state index in [1.807, 2.05) is 0 Å². The number of hydrogen-bond acceptors (Lipinski definition) is 4. The van der Waals surface area contributed by atoms with Gasteiger partial charge < -0.3 is 9.84 Å². The van der Waals surface area contributed by atoms with E-state index in [0.29, 0.717) is 18.6 Å². The number of esters is 1. The molecule has 0 saturated heterocycles. The summed E-state index contributed by atoms with van der Waals surface area (Å²) in [5.41, 5.74) is 0.338. The topological polar surface area (TPSA) is 76.0 Å². The van der Waals surface area contributed by atoms with E-state index < -0.39 is 11.9 Å². The van der Waals surface area contributed by atoms with E-state index in [1.54, 1.807) is 0 Å². The number of aliphatic imine (C=N–C) groups is 1. The summed E-state index contributed by atoms with van der Waals surface area (Å²) in [4.78, 5) is 25.5. The molecule has 0 aromatic heterocycles. The predicted molar refractivity (Wildman–Crippen MR) is 49.0 cm³/mol. The minimum Gasteiger partial charge on any atom is -0.511 e. The number of aliphatic hydroxyl groups excluding tert-OH is 1. The maximum atomic E-state index is 11.2. The highest BCUT2D eigenvalue weighted by molar-refractivity contribution is 6.23. The Labute approximate surface area is 81.1 Å². The molecule has 1 rings (SSSR count). The minimum absolute atomic E-state index is 0.0303. The molecule has 0 heterocycles. The Hall–Kier alpha value is -1.65. The number of rotatable bonds is 1. The average molecular weight is 197 g/mol. The van der Waals surface area contributed by atoms with E-state index in [9.17, 15) is 14.7 Å². The van der Waals surface area contributed by atoms with E-state index in [0.717, 1.165) is 0 Å². The number of carbonyl (C=O) groups excluding carboxylic acids is 2. The smallest absolute Gasteiger partial charge is 0.343 e. The van der Waals surface area contributed by atoms with Crippen LogP contribution in [-0.2, 0) is 14.3 Å². The molecule has 0 unspecified atom stereocenters. The molecule has 0 aliphatic heterocycles. The fraction of sp³-hybridized carbons (Fsp3) is 0.444. The van der Waals surface area contributed by atoms with E-state index in [1.165, 1.54) is 14.0 Å². The van der Waals surface area contributed by atoms with E-state index in [4.69, 9.17) is 0 Å². The summed E-state index contributed by atoms with van der Waals surface area (Å²) in [7, 11) is 1.21. The monoisotopic (exact) mass is 197 g/mol. The molecular formula is C9H11NO4. The Kier molecular flexibility index (Phi) is 3.01. The molecule has 0 atom stereocenters. The Bertz CT molecular complexity index is 341. The van der Waals surface area contributed by atoms with Gasteiger partial charge >= 0.3 is 5.97 Å². The quantitative estimate of drug-likeness (QED) is 0.629. The zero-order valence-corrected chi connectivity index (χ0v) is 8.03. The van der Waals surface area contributed by atoms with Crippen molar-refractivity contribution in [2.24, 2.45) is 4.99 Å². The van der Waals surface area contributed by atoms with E-state index in [-0.39, 0.29) is 11.3 Å². The first-order chi connectivity index (χ1) is 6.56. The maximum Gasteiger partial charge on any atom is 0.343 e. The molecule has 1 N–H and O–H groups in total. The third-order valence-corrected chi connectivity index (χ3v) is 1.86. The number of allylic oxidation sites excluding steroid dienone is 1. The van der Waals surface area contributed by atoms with Crippen LogP contribution < -0.4 is 0 Å². The lowest BCUT2D eigenvalue weighted by Crippen LogP contribution is -2.13. The van der Waals surface area contributed by atoms with E-state index in [2.05, 4.69) is 9.73 Å². The summed E-state index contributed by atoms with van der Waals surface area (Å²) < 4.78 is 4.47. The van der Waals surface area contributed by atoms with Gasteiger partial charge in [0.2, 0.25) is 5.91 Å². The molecule has 0 radical (unpaired) electrons. The zero-order valence-electron chi connectivity index (χ0n) is 8.03. The minimum atomic E-state index is -0.653. The van der Waals surface area contributed by atoms with Crippen LogP contribution in [0.3, 0.4) is 0 Å². The van der Waals surface area contributed by atoms with Crippen molar-refractivity contribution in [1.82, 2.24) is 0 Å². The fourth-order valence-electron chi connectivity index (χ4n) is 1.29. The fourth-order valence-corrected chi connectivity index (χ4v) is 1.29. The SMILES string of the molecule is COC(=O)C1=C(O)CCC1=NC(C)=O. The summed E-state index contributed by atoms with van der Waals surface area (Å²) in [6.07, 6.45) is 0.729. The van der Waals surface area contributed by atoms with Gasteiger partial charge in [0.05, 0.1) is 12.8 Å². The van der Waals surface area contributed by atoms with Gasteiger partial charge in [-0.2, -0.15) is 0 Å². The average Bonchev–Trinajstić information content (AvgIpc) is 2.45. The number of aliphatic hydroxyl groups is 1. The molecule has 0 aromatic carbocycles. The molecule has 1 aliphatic rings. The second-order valence-corrected chi connectivity index (χ2v) is 2.89. The standard InChI is InChI=1S/C9H11NO4/c1-5(11)10-6-3-4-7(12)8(6)9(13)14-2/h12H,3-4H2,1-2H3. The molecule has 0 saturated carbocycles. The van der Waals surface area contributed by atoms with Crippen LogP contribution in [0.15, 0.2) is 16.3 Å². The van der Waals surface area contributed by atoms with Gasteiger partial charge in [0.25, 0.3) is 0 Å². The van der Waals surface area contributed by atoms with Gasteiger partial charge in [0.15, 0.2) is 0 Å². The summed E-state index contributed by atoms with van der Waals surface area (Å²) in [5.74, 6) is -1.10. The van der Waals surface area contributed by atoms with Crippen molar-refractivity contribution in [3.05, 3.63) is 11.3 Å². The zero-order chi connectivity index (χ0) is 10.7. The third-order valence-electron chi connectivity index (χ3n) is 1.86. The lowest BCUT2D eigenvalue weighted by molar-refractivity contribution is -0.135. The first kappa shape index (κ1) is 10.4. The summed E-state index contributed by atoms with van der Waals surface area (Å²) >= 11 is 0. The molecule has 14 heavy (non-hydrogen) atoms. The van der Waals surface area contributed by atoms with Gasteiger partial charge in [0.1, 0.15) is 11.3 Å². The molecular weight excluding hydrogens is 186 g/mol. The number of methoxy groups -OCH3 is 1. The van der Waals surface area contributed by atoms with Crippen LogP contribution >= 0.6 is 0 Å². The lowest BCUT2D eigenvalue weighted by atomic mass is 10.2. The largest absolute Gasteiger partial charge is 0.511 e. The molecule has 1 aliphatic carbocycles. The number of carbonyl (C=O) groups is 2. The van der Waals surface area contributed by atoms with Gasteiger partial charge in [0, 0.05) is 13.3 Å². The van der Waals surface area contributed by atoms with Crippen LogP contribution in [-0.4, -0.2) is 29.8 Å². The molecule has 1 amide bonds. The van der Waals surface area contributed by atoms with Gasteiger partial charge in [-0.05, 0) is 6.42 Å². The Balaban J connectivity index is 3.03. The van der Waals surface area contributed by atoms with Crippen molar-refractivity contribution in [2.45, 2.75) is 19.8 Å². The third kappa shape index (κ3) is 1.99. The lowest BCUT2D eigenvalue weighted by Gasteiger charge is -2.01. The van der Waals surface area contributed by atoms with Crippen molar-refractivity contribution in [2.75, 3.05) is 7.11 Å². The molecule has 0 fully saturated rings. The highest BCUT2D eigenvalue weighted by atomic mass is 16.5. The number of amides is 1. The number of nitrogens with zero attached hydrogens (tertiary/aromatic N) is 1. The van der Waals surface area contributed by atoms with Crippen LogP contribution in [0.2, 0.25) is 0 Å². The molecule has 5 nitrogen and oxygen atoms in total.